The van der Waals surface area contributed by atoms with Crippen LogP contribution in [-0.2, 0) is 10.0 Å². The largest absolute Gasteiger partial charge is 0.438 e. The Morgan fingerprint density at radius 3 is 2.81 bits per heavy atom. The number of amides is 1. The number of benzene rings is 1. The number of piperazine rings is 1. The van der Waals surface area contributed by atoms with Crippen molar-refractivity contribution in [1.29, 1.82) is 0 Å². The smallest absolute Gasteiger partial charge is 0.290 e. The average molecular weight is 420 g/mol. The second-order valence-corrected chi connectivity index (χ2v) is 7.85. The van der Waals surface area contributed by atoms with Crippen LogP contribution >= 0.6 is 24.0 Å². The van der Waals surface area contributed by atoms with E-state index in [1.165, 1.54) is 19.2 Å². The maximum atomic E-state index is 12.9. The van der Waals surface area contributed by atoms with Crippen LogP contribution in [0.4, 0.5) is 0 Å². The highest BCUT2D eigenvalue weighted by Crippen LogP contribution is 2.27. The fourth-order valence-corrected chi connectivity index (χ4v) is 3.63. The SMILES string of the molecule is CNS(=O)(=O)c1ccc(C(=O)N2CCNCC2c2cccc(Cl)c2)o1.Cl. The van der Waals surface area contributed by atoms with E-state index < -0.39 is 10.0 Å². The van der Waals surface area contributed by atoms with Crippen LogP contribution in [0.2, 0.25) is 5.02 Å². The molecule has 1 aliphatic heterocycles. The highest BCUT2D eigenvalue weighted by atomic mass is 35.5. The van der Waals surface area contributed by atoms with E-state index in [9.17, 15) is 13.2 Å². The van der Waals surface area contributed by atoms with Gasteiger partial charge in [0, 0.05) is 24.7 Å². The van der Waals surface area contributed by atoms with Crippen LogP contribution in [0.5, 0.6) is 0 Å². The Morgan fingerprint density at radius 1 is 1.35 bits per heavy atom. The first-order valence-corrected chi connectivity index (χ1v) is 9.59. The molecular weight excluding hydrogens is 401 g/mol. The quantitative estimate of drug-likeness (QED) is 0.790. The monoisotopic (exact) mass is 419 g/mol. The van der Waals surface area contributed by atoms with Gasteiger partial charge in [-0.25, -0.2) is 13.1 Å². The fourth-order valence-electron chi connectivity index (χ4n) is 2.78. The van der Waals surface area contributed by atoms with Gasteiger partial charge in [0.25, 0.3) is 15.9 Å². The number of carbonyl (C=O) groups is 1. The molecule has 2 N–H and O–H groups in total. The Kier molecular flexibility index (Phi) is 6.70. The normalized spacial score (nSPS) is 17.6. The molecule has 0 saturated carbocycles. The molecule has 0 bridgehead atoms. The van der Waals surface area contributed by atoms with Crippen LogP contribution < -0.4 is 10.0 Å². The summed E-state index contributed by atoms with van der Waals surface area (Å²) < 4.78 is 31.0. The molecule has 0 radical (unpaired) electrons. The lowest BCUT2D eigenvalue weighted by molar-refractivity contribution is 0.0596. The first-order valence-electron chi connectivity index (χ1n) is 7.73. The summed E-state index contributed by atoms with van der Waals surface area (Å²) in [7, 11) is -2.45. The predicted molar refractivity (Wildman–Crippen MR) is 100 cm³/mol. The number of nitrogens with zero attached hydrogens (tertiary/aromatic N) is 1. The molecule has 1 aromatic carbocycles. The molecule has 1 unspecified atom stereocenters. The zero-order valence-corrected chi connectivity index (χ0v) is 16.3. The zero-order valence-electron chi connectivity index (χ0n) is 13.9. The Bertz CT molecular complexity index is 885. The molecule has 2 aromatic rings. The van der Waals surface area contributed by atoms with E-state index in [2.05, 4.69) is 10.0 Å². The fraction of sp³-hybridized carbons (Fsp3) is 0.312. The average Bonchev–Trinajstić information content (AvgIpc) is 3.12. The van der Waals surface area contributed by atoms with Gasteiger partial charge >= 0.3 is 0 Å². The van der Waals surface area contributed by atoms with Gasteiger partial charge in [-0.15, -0.1) is 12.4 Å². The predicted octanol–water partition coefficient (Wildman–Crippen LogP) is 2.05. The van der Waals surface area contributed by atoms with Crippen molar-refractivity contribution in [2.45, 2.75) is 11.1 Å². The van der Waals surface area contributed by atoms with Crippen molar-refractivity contribution >= 4 is 39.9 Å². The van der Waals surface area contributed by atoms with Crippen molar-refractivity contribution in [3.05, 3.63) is 52.7 Å². The van der Waals surface area contributed by atoms with Crippen molar-refractivity contribution in [2.75, 3.05) is 26.7 Å². The number of sulfonamides is 1. The molecule has 0 spiro atoms. The van der Waals surface area contributed by atoms with Gasteiger partial charge in [0.2, 0.25) is 5.09 Å². The summed E-state index contributed by atoms with van der Waals surface area (Å²) in [5.74, 6) is -0.369. The van der Waals surface area contributed by atoms with Gasteiger partial charge in [-0.1, -0.05) is 23.7 Å². The van der Waals surface area contributed by atoms with Crippen LogP contribution in [-0.4, -0.2) is 45.9 Å². The van der Waals surface area contributed by atoms with Crippen LogP contribution in [0.1, 0.15) is 22.2 Å². The minimum Gasteiger partial charge on any atom is -0.438 e. The number of rotatable bonds is 4. The number of hydrogen-bond donors (Lipinski definition) is 2. The maximum Gasteiger partial charge on any atom is 0.290 e. The molecule has 7 nitrogen and oxygen atoms in total. The Morgan fingerprint density at radius 2 is 2.12 bits per heavy atom. The lowest BCUT2D eigenvalue weighted by Gasteiger charge is -2.36. The van der Waals surface area contributed by atoms with E-state index in [0.29, 0.717) is 24.7 Å². The van der Waals surface area contributed by atoms with Crippen LogP contribution in [0.25, 0.3) is 0 Å². The third-order valence-electron chi connectivity index (χ3n) is 4.06. The van der Waals surface area contributed by atoms with Gasteiger partial charge in [0.05, 0.1) is 6.04 Å². The number of furan rings is 1. The lowest BCUT2D eigenvalue weighted by atomic mass is 10.0. The number of nitrogens with one attached hydrogen (secondary N) is 2. The Labute approximate surface area is 163 Å². The highest BCUT2D eigenvalue weighted by molar-refractivity contribution is 7.89. The summed E-state index contributed by atoms with van der Waals surface area (Å²) in [5.41, 5.74) is 0.905. The molecule has 0 aliphatic carbocycles. The molecule has 2 heterocycles. The van der Waals surface area contributed by atoms with E-state index in [1.807, 2.05) is 18.2 Å². The molecule has 1 amide bonds. The molecule has 1 fully saturated rings. The third kappa shape index (κ3) is 4.21. The summed E-state index contributed by atoms with van der Waals surface area (Å²) in [6, 6.07) is 9.77. The second kappa shape index (κ2) is 8.41. The van der Waals surface area contributed by atoms with Crippen molar-refractivity contribution in [3.8, 4) is 0 Å². The summed E-state index contributed by atoms with van der Waals surface area (Å²) in [6.45, 7) is 1.70. The first kappa shape index (κ1) is 20.7. The lowest BCUT2D eigenvalue weighted by Crippen LogP contribution is -2.48. The van der Waals surface area contributed by atoms with Crippen LogP contribution in [0.15, 0.2) is 45.9 Å². The van der Waals surface area contributed by atoms with Gasteiger partial charge in [-0.3, -0.25) is 4.79 Å². The highest BCUT2D eigenvalue weighted by Gasteiger charge is 2.31. The number of halogens is 2. The van der Waals surface area contributed by atoms with E-state index in [1.54, 1.807) is 11.0 Å². The Balaban J connectivity index is 0.00000243. The standard InChI is InChI=1S/C16H18ClN3O4S.ClH/c1-18-25(22,23)15-6-5-14(24-15)16(21)20-8-7-19-10-13(20)11-3-2-4-12(17)9-11;/h2-6,9,13,18-19H,7-8,10H2,1H3;1H. The molecular formula is C16H19Cl2N3O4S. The van der Waals surface area contributed by atoms with Gasteiger partial charge in [-0.05, 0) is 36.9 Å². The van der Waals surface area contributed by atoms with Gasteiger partial charge in [-0.2, -0.15) is 0 Å². The molecule has 1 aliphatic rings. The number of hydrogen-bond acceptors (Lipinski definition) is 5. The summed E-state index contributed by atoms with van der Waals surface area (Å²) in [4.78, 5) is 14.5. The molecule has 26 heavy (non-hydrogen) atoms. The maximum absolute atomic E-state index is 12.9. The Hall–Kier alpha value is -1.58. The van der Waals surface area contributed by atoms with E-state index >= 15 is 0 Å². The van der Waals surface area contributed by atoms with Gasteiger partial charge < -0.3 is 14.6 Å². The van der Waals surface area contributed by atoms with Crippen molar-refractivity contribution in [1.82, 2.24) is 14.9 Å². The van der Waals surface area contributed by atoms with Crippen molar-refractivity contribution < 1.29 is 17.6 Å². The zero-order chi connectivity index (χ0) is 18.0. The van der Waals surface area contributed by atoms with Gasteiger partial charge in [0.1, 0.15) is 0 Å². The first-order chi connectivity index (χ1) is 11.9. The van der Waals surface area contributed by atoms with Gasteiger partial charge in [0.15, 0.2) is 5.76 Å². The van der Waals surface area contributed by atoms with E-state index in [0.717, 1.165) is 5.56 Å². The molecule has 1 saturated heterocycles. The van der Waals surface area contributed by atoms with Crippen molar-refractivity contribution in [2.24, 2.45) is 0 Å². The van der Waals surface area contributed by atoms with E-state index in [4.69, 9.17) is 16.0 Å². The summed E-state index contributed by atoms with van der Waals surface area (Å²) in [5, 5.41) is 3.56. The van der Waals surface area contributed by atoms with E-state index in [-0.39, 0.29) is 35.2 Å². The van der Waals surface area contributed by atoms with Crippen molar-refractivity contribution in [3.63, 3.8) is 0 Å². The third-order valence-corrected chi connectivity index (χ3v) is 5.59. The minimum atomic E-state index is -3.73. The molecule has 3 rings (SSSR count). The van der Waals surface area contributed by atoms with Crippen LogP contribution in [0, 0.1) is 0 Å². The minimum absolute atomic E-state index is 0. The molecule has 1 atom stereocenters. The topological polar surface area (TPSA) is 91.7 Å². The summed E-state index contributed by atoms with van der Waals surface area (Å²) >= 11 is 6.06. The molecule has 142 valence electrons. The second-order valence-electron chi connectivity index (χ2n) is 5.60. The molecule has 10 heteroatoms. The summed E-state index contributed by atoms with van der Waals surface area (Å²) in [6.07, 6.45) is 0. The molecule has 1 aromatic heterocycles. The van der Waals surface area contributed by atoms with Crippen LogP contribution in [0.3, 0.4) is 0 Å². The number of carbonyl (C=O) groups excluding carboxylic acids is 1.